The van der Waals surface area contributed by atoms with Gasteiger partial charge in [0.15, 0.2) is 18.4 Å². The fourth-order valence-corrected chi connectivity index (χ4v) is 3.64. The van der Waals surface area contributed by atoms with Crippen LogP contribution in [0.1, 0.15) is 20.8 Å². The quantitative estimate of drug-likeness (QED) is 0.440. The molecular formula is C14H23N3O6. The van der Waals surface area contributed by atoms with E-state index >= 15 is 0 Å². The molecule has 0 aromatic rings. The highest BCUT2D eigenvalue weighted by Crippen LogP contribution is 2.44. The molecule has 3 aliphatic rings. The highest BCUT2D eigenvalue weighted by atomic mass is 16.8. The summed E-state index contributed by atoms with van der Waals surface area (Å²) < 4.78 is 34.4. The number of hydrogen-bond donors (Lipinski definition) is 0. The van der Waals surface area contributed by atoms with Gasteiger partial charge in [-0.15, -0.1) is 0 Å². The van der Waals surface area contributed by atoms with Crippen molar-refractivity contribution in [3.63, 3.8) is 0 Å². The summed E-state index contributed by atoms with van der Waals surface area (Å²) in [4.78, 5) is 2.89. The van der Waals surface area contributed by atoms with E-state index in [1.54, 1.807) is 7.11 Å². The molecule has 9 nitrogen and oxygen atoms in total. The number of methoxy groups -OCH3 is 2. The number of hydrogen-bond acceptors (Lipinski definition) is 7. The third-order valence-corrected chi connectivity index (χ3v) is 4.65. The van der Waals surface area contributed by atoms with E-state index in [0.29, 0.717) is 0 Å². The Morgan fingerprint density at radius 3 is 2.17 bits per heavy atom. The van der Waals surface area contributed by atoms with Gasteiger partial charge < -0.3 is 28.4 Å². The van der Waals surface area contributed by atoms with Gasteiger partial charge in [0.05, 0.1) is 12.1 Å². The Morgan fingerprint density at radius 2 is 1.57 bits per heavy atom. The molecule has 3 heterocycles. The summed E-state index contributed by atoms with van der Waals surface area (Å²) in [6.07, 6.45) is -2.51. The molecule has 130 valence electrons. The van der Waals surface area contributed by atoms with Crippen molar-refractivity contribution in [2.45, 2.75) is 69.6 Å². The molecule has 9 heteroatoms. The maximum absolute atomic E-state index is 8.76. The van der Waals surface area contributed by atoms with Crippen molar-refractivity contribution >= 4 is 0 Å². The van der Waals surface area contributed by atoms with Gasteiger partial charge in [0.1, 0.15) is 18.3 Å². The van der Waals surface area contributed by atoms with E-state index in [0.717, 1.165) is 0 Å². The minimum Gasteiger partial charge on any atom is -0.355 e. The summed E-state index contributed by atoms with van der Waals surface area (Å²) in [5.74, 6) is -0.801. The predicted molar refractivity (Wildman–Crippen MR) is 77.3 cm³/mol. The summed E-state index contributed by atoms with van der Waals surface area (Å²) in [6.45, 7) is 5.66. The van der Waals surface area contributed by atoms with Crippen LogP contribution in [0.4, 0.5) is 0 Å². The first-order valence-corrected chi connectivity index (χ1v) is 7.68. The second-order valence-electron chi connectivity index (χ2n) is 6.53. The first-order valence-electron chi connectivity index (χ1n) is 7.68. The minimum atomic E-state index is -0.707. The Morgan fingerprint density at radius 1 is 0.957 bits per heavy atom. The zero-order valence-corrected chi connectivity index (χ0v) is 13.9. The SMILES string of the molecule is CO[C@H]1O[C@H]([C@H]2O[C@@H](OC)[C@@H]3OC(C)(C)O[C@H]23)[C@@H](C)[C@@H]1N=[N+]=[N-]. The molecule has 3 rings (SSSR count). The molecule has 0 amide bonds. The summed E-state index contributed by atoms with van der Waals surface area (Å²) in [6, 6.07) is -0.422. The van der Waals surface area contributed by atoms with Gasteiger partial charge in [0, 0.05) is 19.1 Å². The molecular weight excluding hydrogens is 306 g/mol. The molecule has 0 aliphatic carbocycles. The van der Waals surface area contributed by atoms with Gasteiger partial charge in [0.25, 0.3) is 0 Å². The van der Waals surface area contributed by atoms with E-state index in [4.69, 9.17) is 34.0 Å². The molecule has 0 saturated carbocycles. The molecule has 0 N–H and O–H groups in total. The van der Waals surface area contributed by atoms with E-state index < -0.39 is 30.5 Å². The van der Waals surface area contributed by atoms with Crippen molar-refractivity contribution in [3.05, 3.63) is 10.4 Å². The van der Waals surface area contributed by atoms with Crippen molar-refractivity contribution in [2.24, 2.45) is 11.0 Å². The van der Waals surface area contributed by atoms with Crippen LogP contribution in [-0.4, -0.2) is 63.0 Å². The molecule has 23 heavy (non-hydrogen) atoms. The normalized spacial score (nSPS) is 48.2. The van der Waals surface area contributed by atoms with Crippen LogP contribution >= 0.6 is 0 Å². The highest BCUT2D eigenvalue weighted by Gasteiger charge is 2.60. The molecule has 0 bridgehead atoms. The lowest BCUT2D eigenvalue weighted by Crippen LogP contribution is -2.41. The minimum absolute atomic E-state index is 0.0931. The van der Waals surface area contributed by atoms with Gasteiger partial charge in [-0.2, -0.15) is 0 Å². The van der Waals surface area contributed by atoms with Crippen molar-refractivity contribution in [2.75, 3.05) is 14.2 Å². The fourth-order valence-electron chi connectivity index (χ4n) is 3.64. The second kappa shape index (κ2) is 6.18. The average Bonchev–Trinajstić information content (AvgIpc) is 3.09. The van der Waals surface area contributed by atoms with Crippen molar-refractivity contribution in [1.82, 2.24) is 0 Å². The van der Waals surface area contributed by atoms with Crippen LogP contribution < -0.4 is 0 Å². The van der Waals surface area contributed by atoms with E-state index in [2.05, 4.69) is 10.0 Å². The van der Waals surface area contributed by atoms with E-state index in [1.165, 1.54) is 7.11 Å². The Labute approximate surface area is 134 Å². The maximum Gasteiger partial charge on any atom is 0.186 e. The van der Waals surface area contributed by atoms with Gasteiger partial charge in [-0.05, 0) is 25.3 Å². The number of nitrogens with zero attached hydrogens (tertiary/aromatic N) is 3. The van der Waals surface area contributed by atoms with Gasteiger partial charge >= 0.3 is 0 Å². The molecule has 8 atom stereocenters. The van der Waals surface area contributed by atoms with Crippen molar-refractivity contribution < 1.29 is 28.4 Å². The lowest BCUT2D eigenvalue weighted by molar-refractivity contribution is -0.245. The van der Waals surface area contributed by atoms with Gasteiger partial charge in [-0.3, -0.25) is 0 Å². The highest BCUT2D eigenvalue weighted by molar-refractivity contribution is 5.03. The van der Waals surface area contributed by atoms with Crippen LogP contribution in [0.5, 0.6) is 0 Å². The largest absolute Gasteiger partial charge is 0.355 e. The number of ether oxygens (including phenoxy) is 6. The van der Waals surface area contributed by atoms with E-state index in [-0.39, 0.29) is 24.2 Å². The number of rotatable bonds is 4. The first kappa shape index (κ1) is 16.9. The second-order valence-corrected chi connectivity index (χ2v) is 6.53. The fraction of sp³-hybridized carbons (Fsp3) is 1.00. The van der Waals surface area contributed by atoms with E-state index in [1.807, 2.05) is 20.8 Å². The van der Waals surface area contributed by atoms with Crippen LogP contribution in [0.15, 0.2) is 5.11 Å². The lowest BCUT2D eigenvalue weighted by Gasteiger charge is -2.28. The zero-order valence-electron chi connectivity index (χ0n) is 13.9. The Balaban J connectivity index is 1.82. The van der Waals surface area contributed by atoms with Crippen LogP contribution in [0, 0.1) is 5.92 Å². The molecule has 0 unspecified atom stereocenters. The lowest BCUT2D eigenvalue weighted by atomic mass is 9.92. The van der Waals surface area contributed by atoms with Gasteiger partial charge in [-0.1, -0.05) is 12.0 Å². The van der Waals surface area contributed by atoms with Crippen LogP contribution in [-0.2, 0) is 28.4 Å². The zero-order chi connectivity index (χ0) is 16.8. The van der Waals surface area contributed by atoms with Crippen LogP contribution in [0.3, 0.4) is 0 Å². The predicted octanol–water partition coefficient (Wildman–Crippen LogP) is 1.56. The molecule has 3 aliphatic heterocycles. The molecule has 0 aromatic carbocycles. The van der Waals surface area contributed by atoms with Gasteiger partial charge in [0.2, 0.25) is 0 Å². The Hall–Kier alpha value is -0.930. The van der Waals surface area contributed by atoms with Gasteiger partial charge in [-0.25, -0.2) is 0 Å². The smallest absolute Gasteiger partial charge is 0.186 e. The molecule has 3 fully saturated rings. The van der Waals surface area contributed by atoms with Crippen molar-refractivity contribution in [3.8, 4) is 0 Å². The molecule has 0 aromatic heterocycles. The van der Waals surface area contributed by atoms with E-state index in [9.17, 15) is 0 Å². The standard InChI is InChI=1S/C14H23N3O6/c1-6-7(16-17-15)12(18-4)20-8(6)9-10-11(13(19-5)21-9)23-14(2,3)22-10/h6-13H,1-5H3/t6-,7-,8-,9+,10+,11+,12-,13+/m0/s1. The molecule has 3 saturated heterocycles. The Kier molecular flexibility index (Phi) is 4.54. The third-order valence-electron chi connectivity index (χ3n) is 4.65. The first-order chi connectivity index (χ1) is 10.9. The van der Waals surface area contributed by atoms with Crippen LogP contribution in [0.2, 0.25) is 0 Å². The Bertz CT molecular complexity index is 497. The third kappa shape index (κ3) is 2.83. The molecule has 0 spiro atoms. The number of fused-ring (bicyclic) bond motifs is 1. The number of azide groups is 1. The summed E-state index contributed by atoms with van der Waals surface area (Å²) in [5.41, 5.74) is 8.76. The van der Waals surface area contributed by atoms with Crippen LogP contribution in [0.25, 0.3) is 10.4 Å². The topological polar surface area (TPSA) is 104 Å². The summed E-state index contributed by atoms with van der Waals surface area (Å²) >= 11 is 0. The average molecular weight is 329 g/mol. The molecule has 0 radical (unpaired) electrons. The monoisotopic (exact) mass is 329 g/mol. The summed E-state index contributed by atoms with van der Waals surface area (Å²) in [5, 5.41) is 3.80. The maximum atomic E-state index is 8.76. The van der Waals surface area contributed by atoms with Crippen molar-refractivity contribution in [1.29, 1.82) is 0 Å². The summed E-state index contributed by atoms with van der Waals surface area (Å²) in [7, 11) is 3.09.